The van der Waals surface area contributed by atoms with Gasteiger partial charge < -0.3 is 41.2 Å². The number of nitrogens with one attached hydrogen (secondary N) is 5. The highest BCUT2D eigenvalue weighted by Crippen LogP contribution is 2.37. The average Bonchev–Trinajstić information content (AvgIpc) is 4.05. The van der Waals surface area contributed by atoms with Gasteiger partial charge in [-0.15, -0.1) is 11.3 Å². The monoisotopic (exact) mass is 1130 g/mol. The zero-order valence-electron chi connectivity index (χ0n) is 46.4. The highest BCUT2D eigenvalue weighted by Gasteiger charge is 2.44. The largest absolute Gasteiger partial charge is 0.417 e. The number of β-amino-alcohol motifs (C(OH)–C–C–N with tert-alkyl or cyclic N) is 1. The van der Waals surface area contributed by atoms with Crippen LogP contribution in [0.3, 0.4) is 0 Å². The van der Waals surface area contributed by atoms with Gasteiger partial charge in [0.05, 0.1) is 44.7 Å². The second-order valence-corrected chi connectivity index (χ2v) is 23.1. The molecule has 7 rings (SSSR count). The fourth-order valence-corrected chi connectivity index (χ4v) is 11.1. The van der Waals surface area contributed by atoms with E-state index in [1.807, 2.05) is 77.8 Å². The number of thiazole rings is 1. The predicted molar refractivity (Wildman–Crippen MR) is 302 cm³/mol. The van der Waals surface area contributed by atoms with Crippen LogP contribution in [0.2, 0.25) is 0 Å². The summed E-state index contributed by atoms with van der Waals surface area (Å²) < 4.78 is 57.6. The summed E-state index contributed by atoms with van der Waals surface area (Å²) >= 11 is 1.56. The van der Waals surface area contributed by atoms with Gasteiger partial charge in [0.25, 0.3) is 11.8 Å². The molecule has 2 aliphatic rings. The Labute approximate surface area is 468 Å². The number of benzene rings is 3. The average molecular weight is 1130 g/mol. The molecule has 21 heteroatoms. The zero-order chi connectivity index (χ0) is 58.1. The van der Waals surface area contributed by atoms with E-state index in [4.69, 9.17) is 0 Å². The number of rotatable bonds is 21. The number of piperazine rings is 1. The summed E-state index contributed by atoms with van der Waals surface area (Å²) in [4.78, 5) is 92.7. The molecule has 5 aromatic rings. The molecule has 0 spiro atoms. The lowest BCUT2D eigenvalue weighted by atomic mass is 9.85. The highest BCUT2D eigenvalue weighted by atomic mass is 32.1. The molecule has 0 radical (unpaired) electrons. The number of pyridine rings is 1. The second kappa shape index (κ2) is 26.5. The third-order valence-corrected chi connectivity index (χ3v) is 16.0. The van der Waals surface area contributed by atoms with Gasteiger partial charge in [0, 0.05) is 81.0 Å². The number of aryl methyl sites for hydroxylation is 1. The molecule has 6 N–H and O–H groups in total. The number of hydrogen-bond acceptors (Lipinski definition) is 11. The van der Waals surface area contributed by atoms with E-state index in [-0.39, 0.29) is 72.2 Å². The maximum absolute atomic E-state index is 15.6. The van der Waals surface area contributed by atoms with Gasteiger partial charge in [0.2, 0.25) is 23.3 Å². The smallest absolute Gasteiger partial charge is 0.391 e. The lowest BCUT2D eigenvalue weighted by Crippen LogP contribution is -2.57. The van der Waals surface area contributed by atoms with Gasteiger partial charge in [-0.25, -0.2) is 9.37 Å². The number of aromatic amines is 1. The molecule has 2 saturated heterocycles. The van der Waals surface area contributed by atoms with Gasteiger partial charge in [-0.05, 0) is 93.1 Å². The van der Waals surface area contributed by atoms with E-state index in [9.17, 15) is 47.0 Å². The molecular formula is C59H73F4N9O7S. The van der Waals surface area contributed by atoms with Gasteiger partial charge in [-0.2, -0.15) is 13.2 Å². The molecule has 2 fully saturated rings. The number of anilines is 2. The molecule has 430 valence electrons. The van der Waals surface area contributed by atoms with Crippen molar-refractivity contribution in [2.45, 2.75) is 142 Å². The molecule has 5 amide bonds. The Morgan fingerprint density at radius 2 is 1.50 bits per heavy atom. The molecule has 16 nitrogen and oxygen atoms in total. The second-order valence-electron chi connectivity index (χ2n) is 22.2. The number of hydrogen-bond donors (Lipinski definition) is 6. The van der Waals surface area contributed by atoms with Crippen molar-refractivity contribution in [2.24, 2.45) is 5.41 Å². The quantitative estimate of drug-likeness (QED) is 0.0303. The van der Waals surface area contributed by atoms with E-state index in [2.05, 4.69) is 36.1 Å². The van der Waals surface area contributed by atoms with Crippen LogP contribution in [0.1, 0.15) is 130 Å². The Kier molecular flexibility index (Phi) is 20.1. The number of likely N-dealkylation sites (N-methyl/N-ethyl adjacent to an activating group) is 1. The Balaban J connectivity index is 0.854. The van der Waals surface area contributed by atoms with Crippen LogP contribution in [0.15, 0.2) is 83.2 Å². The van der Waals surface area contributed by atoms with Crippen molar-refractivity contribution in [3.8, 4) is 21.6 Å². The molecule has 2 aliphatic heterocycles. The number of aromatic nitrogens is 2. The minimum atomic E-state index is -5.00. The maximum Gasteiger partial charge on any atom is 0.417 e. The minimum Gasteiger partial charge on any atom is -0.391 e. The topological polar surface area (TPSA) is 209 Å². The van der Waals surface area contributed by atoms with E-state index >= 15 is 4.39 Å². The summed E-state index contributed by atoms with van der Waals surface area (Å²) in [6, 6.07) is 15.2. The van der Waals surface area contributed by atoms with E-state index in [0.29, 0.717) is 50.4 Å². The van der Waals surface area contributed by atoms with Gasteiger partial charge >= 0.3 is 6.18 Å². The standard InChI is InChI=1S/C59H73F4N9O7S/c1-35-31-71(32-36(2)70(35)7)48-23-21-40(26-47(48)68-55(77)44-30-65-51(75)28-45(44)59(61,62)63)43-25-41(20-22-46(43)60)54(76)64-24-14-12-10-8-9-11-13-15-50(74)69-53(58(4,5)6)57(79)72-33-42(73)27-49(72)56(78)66-29-38-16-18-39(19-17-38)52-37(3)67-34-80-52/h16-23,25-26,28,30,34-36,42,49,53,73H,8-15,24,27,29,31-33H2,1-7H3,(H,64,76)(H,65,75)(H,66,78)(H,68,77)(H,69,74)/t35-,36+,42-,49+,53-/m1/s1. The number of alkyl halides is 3. The fourth-order valence-electron chi connectivity index (χ4n) is 10.3. The molecule has 0 unspecified atom stereocenters. The fraction of sp³-hybridized carbons (Fsp3) is 0.475. The molecule has 80 heavy (non-hydrogen) atoms. The summed E-state index contributed by atoms with van der Waals surface area (Å²) in [5.41, 5.74) is 1.86. The van der Waals surface area contributed by atoms with Crippen LogP contribution >= 0.6 is 11.3 Å². The first-order valence-corrected chi connectivity index (χ1v) is 28.1. The van der Waals surface area contributed by atoms with E-state index in [1.54, 1.807) is 29.0 Å². The van der Waals surface area contributed by atoms with Crippen LogP contribution in [0.5, 0.6) is 0 Å². The molecular weight excluding hydrogens is 1050 g/mol. The molecule has 2 aromatic heterocycles. The van der Waals surface area contributed by atoms with Crippen molar-refractivity contribution in [1.82, 2.24) is 35.7 Å². The van der Waals surface area contributed by atoms with Gasteiger partial charge in [-0.1, -0.05) is 83.2 Å². The molecule has 5 atom stereocenters. The number of nitrogens with zero attached hydrogens (tertiary/aromatic N) is 4. The van der Waals surface area contributed by atoms with Gasteiger partial charge in [0.1, 0.15) is 17.9 Å². The maximum atomic E-state index is 15.6. The van der Waals surface area contributed by atoms with Gasteiger partial charge in [-0.3, -0.25) is 33.7 Å². The van der Waals surface area contributed by atoms with Crippen LogP contribution in [-0.2, 0) is 27.1 Å². The Bertz CT molecular complexity index is 3060. The lowest BCUT2D eigenvalue weighted by molar-refractivity contribution is -0.144. The summed E-state index contributed by atoms with van der Waals surface area (Å²) in [6.45, 7) is 13.2. The highest BCUT2D eigenvalue weighted by molar-refractivity contribution is 7.13. The summed E-state index contributed by atoms with van der Waals surface area (Å²) in [5.74, 6) is -3.28. The number of carbonyl (C=O) groups is 5. The first-order chi connectivity index (χ1) is 37.9. The van der Waals surface area contributed by atoms with E-state index in [1.165, 1.54) is 23.1 Å². The number of unbranched alkanes of at least 4 members (excludes halogenated alkanes) is 6. The Morgan fingerprint density at radius 1 is 0.838 bits per heavy atom. The van der Waals surface area contributed by atoms with Crippen molar-refractivity contribution in [1.29, 1.82) is 0 Å². The summed E-state index contributed by atoms with van der Waals surface area (Å²) in [7, 11) is 1.99. The van der Waals surface area contributed by atoms with E-state index < -0.39 is 70.0 Å². The first kappa shape index (κ1) is 60.7. The number of halogens is 4. The number of H-pyrrole nitrogens is 1. The van der Waals surface area contributed by atoms with Crippen LogP contribution in [0.25, 0.3) is 21.6 Å². The third kappa shape index (κ3) is 15.5. The molecule has 4 heterocycles. The van der Waals surface area contributed by atoms with Crippen molar-refractivity contribution < 1.29 is 46.6 Å². The van der Waals surface area contributed by atoms with Crippen molar-refractivity contribution >= 4 is 52.2 Å². The van der Waals surface area contributed by atoms with Crippen LogP contribution < -0.4 is 31.7 Å². The van der Waals surface area contributed by atoms with Crippen molar-refractivity contribution in [2.75, 3.05) is 43.4 Å². The van der Waals surface area contributed by atoms with E-state index in [0.717, 1.165) is 59.9 Å². The number of aliphatic hydroxyl groups excluding tert-OH is 1. The molecule has 0 aliphatic carbocycles. The van der Waals surface area contributed by atoms with Crippen LogP contribution in [0, 0.1) is 18.2 Å². The zero-order valence-corrected chi connectivity index (χ0v) is 47.2. The minimum absolute atomic E-state index is 0.0178. The summed E-state index contributed by atoms with van der Waals surface area (Å²) in [5, 5.41) is 22.0. The third-order valence-electron chi connectivity index (χ3n) is 15.0. The van der Waals surface area contributed by atoms with Crippen LogP contribution in [-0.4, -0.2) is 118 Å². The van der Waals surface area contributed by atoms with Gasteiger partial charge in [0.15, 0.2) is 0 Å². The number of likely N-dealkylation sites (tertiary alicyclic amines) is 1. The molecule has 0 bridgehead atoms. The molecule has 0 saturated carbocycles. The number of aliphatic hydroxyl groups is 1. The SMILES string of the molecule is Cc1ncsc1-c1ccc(CNC(=O)[C@@H]2C[C@@H](O)CN2C(=O)[C@@H](NC(=O)CCCCCCCCCNC(=O)c2ccc(F)c(-c3ccc(N4C[C@@H](C)N(C)[C@@H](C)C4)c(NC(=O)c4c[nH]c(=O)cc4C(F)(F)F)c3)c2)C(C)(C)C)cc1. The lowest BCUT2D eigenvalue weighted by Gasteiger charge is -2.44. The Hall–Kier alpha value is -6.97. The van der Waals surface area contributed by atoms with Crippen LogP contribution in [0.4, 0.5) is 28.9 Å². The molecule has 3 aromatic carbocycles. The first-order valence-electron chi connectivity index (χ1n) is 27.2. The number of carbonyl (C=O) groups excluding carboxylic acids is 5. The Morgan fingerprint density at radius 3 is 2.15 bits per heavy atom. The predicted octanol–water partition coefficient (Wildman–Crippen LogP) is 9.07. The van der Waals surface area contributed by atoms with Crippen molar-refractivity contribution in [3.05, 3.63) is 123 Å². The number of amides is 5. The normalized spacial score (nSPS) is 18.2. The summed E-state index contributed by atoms with van der Waals surface area (Å²) in [6.07, 6.45) is 0.716. The van der Waals surface area contributed by atoms with Crippen molar-refractivity contribution in [3.63, 3.8) is 0 Å².